The highest BCUT2D eigenvalue weighted by Gasteiger charge is 2.37. The summed E-state index contributed by atoms with van der Waals surface area (Å²) in [5.74, 6) is -0.757. The number of carbonyl (C=O) groups is 1. The van der Waals surface area contributed by atoms with E-state index in [1.165, 1.54) is 6.42 Å². The number of likely N-dealkylation sites (N-methyl/N-ethyl adjacent to an activating group) is 1. The third-order valence-electron chi connectivity index (χ3n) is 3.76. The first-order valence-corrected chi connectivity index (χ1v) is 6.54. The van der Waals surface area contributed by atoms with Crippen LogP contribution in [0.15, 0.2) is 0 Å². The van der Waals surface area contributed by atoms with Gasteiger partial charge in [-0.1, -0.05) is 6.92 Å². The molecule has 98 valence electrons. The molecule has 17 heavy (non-hydrogen) atoms. The summed E-state index contributed by atoms with van der Waals surface area (Å²) in [5.41, 5.74) is 0. The highest BCUT2D eigenvalue weighted by molar-refractivity contribution is 5.73. The largest absolute Gasteiger partial charge is 0.480 e. The Hall–Kier alpha value is -0.650. The van der Waals surface area contributed by atoms with E-state index in [9.17, 15) is 4.79 Å². The first-order chi connectivity index (χ1) is 8.22. The van der Waals surface area contributed by atoms with Gasteiger partial charge in [0.05, 0.1) is 12.7 Å². The number of hydrogen-bond acceptors (Lipinski definition) is 4. The smallest absolute Gasteiger partial charge is 0.322 e. The van der Waals surface area contributed by atoms with Crippen LogP contribution in [0.5, 0.6) is 0 Å². The van der Waals surface area contributed by atoms with Crippen molar-refractivity contribution in [2.24, 2.45) is 0 Å². The third kappa shape index (κ3) is 2.97. The van der Waals surface area contributed by atoms with Gasteiger partial charge >= 0.3 is 5.97 Å². The van der Waals surface area contributed by atoms with E-state index < -0.39 is 12.0 Å². The van der Waals surface area contributed by atoms with E-state index in [1.807, 2.05) is 6.92 Å². The molecule has 2 aliphatic rings. The molecule has 0 aromatic rings. The van der Waals surface area contributed by atoms with Gasteiger partial charge in [-0.05, 0) is 25.8 Å². The maximum Gasteiger partial charge on any atom is 0.322 e. The second-order valence-electron chi connectivity index (χ2n) is 4.85. The van der Waals surface area contributed by atoms with Crippen molar-refractivity contribution >= 4 is 5.97 Å². The van der Waals surface area contributed by atoms with Crippen LogP contribution in [0.3, 0.4) is 0 Å². The summed E-state index contributed by atoms with van der Waals surface area (Å²) in [5, 5.41) is 12.2. The third-order valence-corrected chi connectivity index (χ3v) is 3.76. The van der Waals surface area contributed by atoms with Gasteiger partial charge in [-0.15, -0.1) is 0 Å². The van der Waals surface area contributed by atoms with Crippen molar-refractivity contribution < 1.29 is 14.6 Å². The molecule has 2 fully saturated rings. The van der Waals surface area contributed by atoms with E-state index in [0.717, 1.165) is 26.0 Å². The lowest BCUT2D eigenvalue weighted by molar-refractivity contribution is -0.141. The van der Waals surface area contributed by atoms with Crippen LogP contribution >= 0.6 is 0 Å². The second-order valence-corrected chi connectivity index (χ2v) is 4.85. The Bertz CT molecular complexity index is 272. The van der Waals surface area contributed by atoms with E-state index >= 15 is 0 Å². The zero-order valence-electron chi connectivity index (χ0n) is 10.4. The number of carboxylic acids is 1. The standard InChI is InChI=1S/C12H22N2O3/c1-2-13-9(12(15)16)8-14-6-7-17-11-5-3-4-10(11)14/h9-11,13H,2-8H2,1H3,(H,15,16). The zero-order chi connectivity index (χ0) is 12.3. The topological polar surface area (TPSA) is 61.8 Å². The molecule has 1 saturated heterocycles. The number of fused-ring (bicyclic) bond motifs is 1. The molecule has 0 amide bonds. The molecule has 1 aliphatic heterocycles. The van der Waals surface area contributed by atoms with Gasteiger partial charge < -0.3 is 15.2 Å². The van der Waals surface area contributed by atoms with Crippen molar-refractivity contribution in [2.75, 3.05) is 26.2 Å². The predicted molar refractivity (Wildman–Crippen MR) is 64.1 cm³/mol. The van der Waals surface area contributed by atoms with Crippen LogP contribution in [-0.4, -0.2) is 60.4 Å². The number of aliphatic carboxylic acids is 1. The van der Waals surface area contributed by atoms with E-state index in [4.69, 9.17) is 9.84 Å². The fourth-order valence-corrected chi connectivity index (χ4v) is 2.94. The number of hydrogen-bond donors (Lipinski definition) is 2. The van der Waals surface area contributed by atoms with Crippen molar-refractivity contribution in [2.45, 2.75) is 44.4 Å². The molecule has 0 spiro atoms. The van der Waals surface area contributed by atoms with Crippen LogP contribution in [0.1, 0.15) is 26.2 Å². The monoisotopic (exact) mass is 242 g/mol. The summed E-state index contributed by atoms with van der Waals surface area (Å²) in [6.07, 6.45) is 3.80. The first-order valence-electron chi connectivity index (χ1n) is 6.54. The number of morpholine rings is 1. The van der Waals surface area contributed by atoms with E-state index in [2.05, 4.69) is 10.2 Å². The fourth-order valence-electron chi connectivity index (χ4n) is 2.94. The summed E-state index contributed by atoms with van der Waals surface area (Å²) in [6, 6.07) is -0.0244. The van der Waals surface area contributed by atoms with Gasteiger partial charge in [0, 0.05) is 19.1 Å². The average molecular weight is 242 g/mol. The highest BCUT2D eigenvalue weighted by Crippen LogP contribution is 2.29. The molecule has 2 N–H and O–H groups in total. The van der Waals surface area contributed by atoms with E-state index in [0.29, 0.717) is 25.2 Å². The summed E-state index contributed by atoms with van der Waals surface area (Å²) in [6.45, 7) is 4.81. The van der Waals surface area contributed by atoms with Gasteiger partial charge in [-0.2, -0.15) is 0 Å². The molecule has 3 atom stereocenters. The Morgan fingerprint density at radius 1 is 1.59 bits per heavy atom. The summed E-state index contributed by atoms with van der Waals surface area (Å²) in [4.78, 5) is 13.4. The lowest BCUT2D eigenvalue weighted by Gasteiger charge is -2.38. The van der Waals surface area contributed by atoms with Crippen molar-refractivity contribution in [1.29, 1.82) is 0 Å². The van der Waals surface area contributed by atoms with Crippen molar-refractivity contribution in [3.05, 3.63) is 0 Å². The maximum atomic E-state index is 11.1. The van der Waals surface area contributed by atoms with Gasteiger partial charge in [-0.3, -0.25) is 9.69 Å². The molecule has 2 rings (SSSR count). The summed E-state index contributed by atoms with van der Waals surface area (Å²) in [7, 11) is 0. The molecular weight excluding hydrogens is 220 g/mol. The minimum absolute atomic E-state index is 0.333. The number of nitrogens with zero attached hydrogens (tertiary/aromatic N) is 1. The lowest BCUT2D eigenvalue weighted by atomic mass is 10.1. The molecule has 1 aliphatic carbocycles. The van der Waals surface area contributed by atoms with Gasteiger partial charge in [0.25, 0.3) is 0 Å². The quantitative estimate of drug-likeness (QED) is 0.726. The van der Waals surface area contributed by atoms with Crippen LogP contribution in [0.4, 0.5) is 0 Å². The molecule has 3 unspecified atom stereocenters. The van der Waals surface area contributed by atoms with Gasteiger partial charge in [-0.25, -0.2) is 0 Å². The first kappa shape index (κ1) is 12.8. The molecule has 0 bridgehead atoms. The molecule has 0 radical (unpaired) electrons. The highest BCUT2D eigenvalue weighted by atomic mass is 16.5. The average Bonchev–Trinajstić information content (AvgIpc) is 2.77. The molecular formula is C12H22N2O3. The van der Waals surface area contributed by atoms with Crippen LogP contribution in [0, 0.1) is 0 Å². The maximum absolute atomic E-state index is 11.1. The number of rotatable bonds is 5. The molecule has 0 aromatic heterocycles. The number of ether oxygens (including phenoxy) is 1. The SMILES string of the molecule is CCNC(CN1CCOC2CCCC21)C(=O)O. The Morgan fingerprint density at radius 2 is 2.41 bits per heavy atom. The second kappa shape index (κ2) is 5.80. The van der Waals surface area contributed by atoms with Gasteiger partial charge in [0.15, 0.2) is 0 Å². The van der Waals surface area contributed by atoms with Gasteiger partial charge in [0.2, 0.25) is 0 Å². The molecule has 1 saturated carbocycles. The van der Waals surface area contributed by atoms with Crippen LogP contribution in [0.2, 0.25) is 0 Å². The molecule has 0 aromatic carbocycles. The number of carboxylic acid groups (broad SMARTS) is 1. The minimum atomic E-state index is -0.757. The normalized spacial score (nSPS) is 31.1. The van der Waals surface area contributed by atoms with Crippen molar-refractivity contribution in [3.8, 4) is 0 Å². The van der Waals surface area contributed by atoms with Crippen molar-refractivity contribution in [3.63, 3.8) is 0 Å². The number of nitrogens with one attached hydrogen (secondary N) is 1. The summed E-state index contributed by atoms with van der Waals surface area (Å²) < 4.78 is 5.72. The molecule has 1 heterocycles. The van der Waals surface area contributed by atoms with Gasteiger partial charge in [0.1, 0.15) is 6.04 Å². The lowest BCUT2D eigenvalue weighted by Crippen LogP contribution is -2.54. The van der Waals surface area contributed by atoms with Crippen LogP contribution < -0.4 is 5.32 Å². The van der Waals surface area contributed by atoms with Crippen LogP contribution in [-0.2, 0) is 9.53 Å². The fraction of sp³-hybridized carbons (Fsp3) is 0.917. The van der Waals surface area contributed by atoms with Crippen molar-refractivity contribution in [1.82, 2.24) is 10.2 Å². The zero-order valence-corrected chi connectivity index (χ0v) is 10.4. The molecule has 5 heteroatoms. The Balaban J connectivity index is 1.93. The Kier molecular flexibility index (Phi) is 4.36. The van der Waals surface area contributed by atoms with E-state index in [1.54, 1.807) is 0 Å². The Labute approximate surface area is 102 Å². The minimum Gasteiger partial charge on any atom is -0.480 e. The van der Waals surface area contributed by atoms with Crippen LogP contribution in [0.25, 0.3) is 0 Å². The molecule has 5 nitrogen and oxygen atoms in total. The predicted octanol–water partition coefficient (Wildman–Crippen LogP) is 0.302. The van der Waals surface area contributed by atoms with E-state index in [-0.39, 0.29) is 0 Å². The summed E-state index contributed by atoms with van der Waals surface area (Å²) >= 11 is 0. The Morgan fingerprint density at radius 3 is 3.12 bits per heavy atom.